The van der Waals surface area contributed by atoms with E-state index in [-0.39, 0.29) is 17.8 Å². The van der Waals surface area contributed by atoms with E-state index in [1.807, 2.05) is 0 Å². The van der Waals surface area contributed by atoms with Crippen LogP contribution in [0.2, 0.25) is 0 Å². The lowest BCUT2D eigenvalue weighted by Gasteiger charge is -2.10. The molecular weight excluding hydrogens is 306 g/mol. The minimum absolute atomic E-state index is 0.164. The van der Waals surface area contributed by atoms with Gasteiger partial charge in [-0.1, -0.05) is 12.1 Å². The number of nitrogens with one attached hydrogen (secondary N) is 2. The maximum atomic E-state index is 13.4. The van der Waals surface area contributed by atoms with Gasteiger partial charge in [0, 0.05) is 6.07 Å². The van der Waals surface area contributed by atoms with Crippen LogP contribution in [0.4, 0.5) is 14.5 Å². The summed E-state index contributed by atoms with van der Waals surface area (Å²) in [6.45, 7) is -0.367. The fourth-order valence-electron chi connectivity index (χ4n) is 1.87. The third-order valence-corrected chi connectivity index (χ3v) is 2.97. The van der Waals surface area contributed by atoms with Gasteiger partial charge in [-0.3, -0.25) is 9.59 Å². The van der Waals surface area contributed by atoms with Crippen molar-refractivity contribution in [3.05, 3.63) is 59.7 Å². The number of amides is 2. The van der Waals surface area contributed by atoms with Crippen LogP contribution in [0.25, 0.3) is 0 Å². The van der Waals surface area contributed by atoms with E-state index in [2.05, 4.69) is 10.6 Å². The Labute approximate surface area is 131 Å². The van der Waals surface area contributed by atoms with Gasteiger partial charge in [0.05, 0.1) is 24.9 Å². The number of hydrogen-bond acceptors (Lipinski definition) is 3. The van der Waals surface area contributed by atoms with Crippen LogP contribution in [0.3, 0.4) is 0 Å². The summed E-state index contributed by atoms with van der Waals surface area (Å²) in [5.41, 5.74) is 0.110. The first kappa shape index (κ1) is 16.4. The summed E-state index contributed by atoms with van der Waals surface area (Å²) < 4.78 is 31.2. The molecule has 0 saturated carbocycles. The van der Waals surface area contributed by atoms with E-state index < -0.39 is 23.4 Å². The van der Waals surface area contributed by atoms with E-state index in [0.29, 0.717) is 11.8 Å². The van der Waals surface area contributed by atoms with E-state index in [1.54, 1.807) is 24.3 Å². The van der Waals surface area contributed by atoms with Gasteiger partial charge in [0.15, 0.2) is 0 Å². The molecule has 0 aliphatic rings. The van der Waals surface area contributed by atoms with Crippen LogP contribution in [0, 0.1) is 11.6 Å². The van der Waals surface area contributed by atoms with Crippen LogP contribution in [0.1, 0.15) is 10.4 Å². The molecule has 0 saturated heterocycles. The van der Waals surface area contributed by atoms with Crippen molar-refractivity contribution >= 4 is 17.5 Å². The number of methoxy groups -OCH3 is 1. The summed E-state index contributed by atoms with van der Waals surface area (Å²) in [5.74, 6) is -2.41. The molecule has 2 aromatic rings. The summed E-state index contributed by atoms with van der Waals surface area (Å²) in [5, 5.41) is 4.64. The van der Waals surface area contributed by atoms with E-state index in [9.17, 15) is 18.4 Å². The first-order chi connectivity index (χ1) is 11.0. The Balaban J connectivity index is 1.95. The number of carbonyl (C=O) groups is 2. The summed E-state index contributed by atoms with van der Waals surface area (Å²) in [7, 11) is 1.43. The number of hydrogen-bond donors (Lipinski definition) is 2. The standard InChI is InChI=1S/C16H14F2N2O3/c1-23-14-5-3-2-4-11(14)16(22)19-9-15(21)20-13-7-6-10(17)8-12(13)18/h2-8H,9H2,1H3,(H,19,22)(H,20,21). The van der Waals surface area contributed by atoms with Crippen LogP contribution in [-0.4, -0.2) is 25.5 Å². The van der Waals surface area contributed by atoms with Gasteiger partial charge < -0.3 is 15.4 Å². The second-order valence-corrected chi connectivity index (χ2v) is 4.56. The zero-order valence-corrected chi connectivity index (χ0v) is 12.2. The third-order valence-electron chi connectivity index (χ3n) is 2.97. The highest BCUT2D eigenvalue weighted by Crippen LogP contribution is 2.17. The molecule has 2 N–H and O–H groups in total. The number of para-hydroxylation sites is 1. The number of halogens is 2. The van der Waals surface area contributed by atoms with Gasteiger partial charge in [-0.05, 0) is 24.3 Å². The van der Waals surface area contributed by atoms with Crippen LogP contribution in [0.5, 0.6) is 5.75 Å². The molecule has 0 atom stereocenters. The van der Waals surface area contributed by atoms with E-state index in [0.717, 1.165) is 12.1 Å². The van der Waals surface area contributed by atoms with Crippen molar-refractivity contribution in [1.82, 2.24) is 5.32 Å². The number of ether oxygens (including phenoxy) is 1. The second kappa shape index (κ2) is 7.35. The number of carbonyl (C=O) groups excluding carboxylic acids is 2. The molecule has 5 nitrogen and oxygen atoms in total. The highest BCUT2D eigenvalue weighted by Gasteiger charge is 2.13. The molecule has 2 rings (SSSR count). The zero-order chi connectivity index (χ0) is 16.8. The van der Waals surface area contributed by atoms with E-state index in [1.165, 1.54) is 7.11 Å². The topological polar surface area (TPSA) is 67.4 Å². The Morgan fingerprint density at radius 3 is 2.57 bits per heavy atom. The van der Waals surface area contributed by atoms with Crippen LogP contribution in [-0.2, 0) is 4.79 Å². The Hall–Kier alpha value is -2.96. The summed E-state index contributed by atoms with van der Waals surface area (Å²) in [4.78, 5) is 23.7. The average Bonchev–Trinajstić information content (AvgIpc) is 2.55. The normalized spacial score (nSPS) is 10.0. The summed E-state index contributed by atoms with van der Waals surface area (Å²) in [6, 6.07) is 9.30. The van der Waals surface area contributed by atoms with E-state index >= 15 is 0 Å². The van der Waals surface area contributed by atoms with Gasteiger partial charge in [-0.2, -0.15) is 0 Å². The predicted octanol–water partition coefficient (Wildman–Crippen LogP) is 2.34. The van der Waals surface area contributed by atoms with Crippen molar-refractivity contribution in [3.8, 4) is 5.75 Å². The van der Waals surface area contributed by atoms with Gasteiger partial charge >= 0.3 is 0 Å². The van der Waals surface area contributed by atoms with Crippen molar-refractivity contribution < 1.29 is 23.1 Å². The first-order valence-electron chi connectivity index (χ1n) is 6.67. The van der Waals surface area contributed by atoms with Crippen LogP contribution >= 0.6 is 0 Å². The molecule has 0 radical (unpaired) electrons. The fourth-order valence-corrected chi connectivity index (χ4v) is 1.87. The maximum absolute atomic E-state index is 13.4. The molecule has 0 unspecified atom stereocenters. The van der Waals surface area contributed by atoms with Gasteiger partial charge in [0.1, 0.15) is 17.4 Å². The zero-order valence-electron chi connectivity index (χ0n) is 12.2. The Morgan fingerprint density at radius 2 is 1.87 bits per heavy atom. The Kier molecular flexibility index (Phi) is 5.24. The Bertz CT molecular complexity index is 735. The Morgan fingerprint density at radius 1 is 1.13 bits per heavy atom. The maximum Gasteiger partial charge on any atom is 0.255 e. The van der Waals surface area contributed by atoms with Crippen molar-refractivity contribution in [2.75, 3.05) is 19.0 Å². The van der Waals surface area contributed by atoms with E-state index in [4.69, 9.17) is 4.74 Å². The lowest BCUT2D eigenvalue weighted by molar-refractivity contribution is -0.115. The first-order valence-corrected chi connectivity index (χ1v) is 6.67. The molecule has 0 heterocycles. The molecule has 0 aliphatic heterocycles. The van der Waals surface area contributed by atoms with Crippen molar-refractivity contribution in [1.29, 1.82) is 0 Å². The second-order valence-electron chi connectivity index (χ2n) is 4.56. The summed E-state index contributed by atoms with van der Waals surface area (Å²) >= 11 is 0. The molecule has 7 heteroatoms. The average molecular weight is 320 g/mol. The van der Waals surface area contributed by atoms with Gasteiger partial charge in [-0.25, -0.2) is 8.78 Å². The predicted molar refractivity (Wildman–Crippen MR) is 80.3 cm³/mol. The lowest BCUT2D eigenvalue weighted by atomic mass is 10.2. The molecule has 2 amide bonds. The molecule has 0 spiro atoms. The largest absolute Gasteiger partial charge is 0.496 e. The van der Waals surface area contributed by atoms with Crippen molar-refractivity contribution in [2.45, 2.75) is 0 Å². The highest BCUT2D eigenvalue weighted by atomic mass is 19.1. The SMILES string of the molecule is COc1ccccc1C(=O)NCC(=O)Nc1ccc(F)cc1F. The van der Waals surface area contributed by atoms with Crippen molar-refractivity contribution in [3.63, 3.8) is 0 Å². The van der Waals surface area contributed by atoms with Gasteiger partial charge in [0.25, 0.3) is 5.91 Å². The van der Waals surface area contributed by atoms with Gasteiger partial charge in [-0.15, -0.1) is 0 Å². The smallest absolute Gasteiger partial charge is 0.255 e. The molecule has 120 valence electrons. The molecule has 0 bridgehead atoms. The van der Waals surface area contributed by atoms with Gasteiger partial charge in [0.2, 0.25) is 5.91 Å². The monoisotopic (exact) mass is 320 g/mol. The minimum atomic E-state index is -0.894. The van der Waals surface area contributed by atoms with Crippen molar-refractivity contribution in [2.24, 2.45) is 0 Å². The molecule has 2 aromatic carbocycles. The molecule has 0 aliphatic carbocycles. The van der Waals surface area contributed by atoms with Crippen LogP contribution < -0.4 is 15.4 Å². The quantitative estimate of drug-likeness (QED) is 0.888. The number of anilines is 1. The lowest BCUT2D eigenvalue weighted by Crippen LogP contribution is -2.33. The fraction of sp³-hybridized carbons (Fsp3) is 0.125. The molecule has 0 fully saturated rings. The molecule has 0 aromatic heterocycles. The minimum Gasteiger partial charge on any atom is -0.496 e. The highest BCUT2D eigenvalue weighted by molar-refractivity contribution is 6.00. The number of rotatable bonds is 5. The summed E-state index contributed by atoms with van der Waals surface area (Å²) in [6.07, 6.45) is 0. The number of benzene rings is 2. The third kappa shape index (κ3) is 4.26. The molecular formula is C16H14F2N2O3. The van der Waals surface area contributed by atoms with Crippen LogP contribution in [0.15, 0.2) is 42.5 Å². The molecule has 23 heavy (non-hydrogen) atoms.